The number of Topliss-reactive ketones (excluding diaryl/α,β-unsaturated/α-hetero) is 1. The highest BCUT2D eigenvalue weighted by molar-refractivity contribution is 5.83. The van der Waals surface area contributed by atoms with Gasteiger partial charge in [-0.2, -0.15) is 4.39 Å². The first kappa shape index (κ1) is 8.76. The van der Waals surface area contributed by atoms with Crippen molar-refractivity contribution in [3.8, 4) is 0 Å². The second-order valence-electron chi connectivity index (χ2n) is 2.14. The van der Waals surface area contributed by atoms with Crippen LogP contribution in [0, 0.1) is 6.08 Å². The molecule has 1 N–H and O–H groups in total. The van der Waals surface area contributed by atoms with Gasteiger partial charge in [0.05, 0.1) is 12.6 Å². The number of H-pyrrole nitrogens is 1. The summed E-state index contributed by atoms with van der Waals surface area (Å²) in [6.07, 6.45) is -3.41. The number of aromatic amines is 1. The van der Waals surface area contributed by atoms with E-state index in [1.165, 1.54) is 0 Å². The van der Waals surface area contributed by atoms with Gasteiger partial charge in [-0.3, -0.25) is 4.79 Å². The molecule has 0 unspecified atom stereocenters. The summed E-state index contributed by atoms with van der Waals surface area (Å²) in [7, 11) is 0. The Morgan fingerprint density at radius 1 is 1.67 bits per heavy atom. The van der Waals surface area contributed by atoms with E-state index in [0.29, 0.717) is 0 Å². The quantitative estimate of drug-likeness (QED) is 0.748. The Bertz CT molecular complexity index is 284. The topological polar surface area (TPSA) is 45.8 Å². The van der Waals surface area contributed by atoms with E-state index in [1.54, 1.807) is 0 Å². The average molecular weight is 178 g/mol. The van der Waals surface area contributed by atoms with Crippen molar-refractivity contribution in [2.75, 3.05) is 0 Å². The fourth-order valence-electron chi connectivity index (χ4n) is 0.686. The maximum atomic E-state index is 12.1. The van der Waals surface area contributed by atoms with Gasteiger partial charge in [0.25, 0.3) is 12.5 Å². The molecule has 0 aliphatic heterocycles. The van der Waals surface area contributed by atoms with Crippen LogP contribution >= 0.6 is 0 Å². The van der Waals surface area contributed by atoms with Crippen molar-refractivity contribution in [2.24, 2.45) is 0 Å². The molecule has 0 saturated heterocycles. The first-order valence-electron chi connectivity index (χ1n) is 3.10. The van der Waals surface area contributed by atoms with Crippen molar-refractivity contribution in [1.82, 2.24) is 9.97 Å². The van der Waals surface area contributed by atoms with Crippen LogP contribution in [0.5, 0.6) is 0 Å². The lowest BCUT2D eigenvalue weighted by Gasteiger charge is -1.94. The number of hydrogen-bond donors (Lipinski definition) is 1. The molecule has 0 bridgehead atoms. The van der Waals surface area contributed by atoms with E-state index in [0.717, 1.165) is 6.20 Å². The summed E-state index contributed by atoms with van der Waals surface area (Å²) >= 11 is 0. The number of rotatable bonds is 3. The lowest BCUT2D eigenvalue weighted by Crippen LogP contribution is -2.12. The largest absolute Gasteiger partial charge is 0.318 e. The van der Waals surface area contributed by atoms with Crippen LogP contribution in [0.4, 0.5) is 13.2 Å². The molecule has 1 aromatic rings. The number of ketones is 1. The summed E-state index contributed by atoms with van der Waals surface area (Å²) in [5.74, 6) is -1.25. The van der Waals surface area contributed by atoms with Crippen molar-refractivity contribution in [2.45, 2.75) is 12.8 Å². The number of nitrogens with zero attached hydrogens (tertiary/aromatic N) is 1. The van der Waals surface area contributed by atoms with Gasteiger partial charge in [0.2, 0.25) is 5.78 Å². The van der Waals surface area contributed by atoms with E-state index in [2.05, 4.69) is 4.98 Å². The number of alkyl halides is 2. The minimum Gasteiger partial charge on any atom is -0.318 e. The third-order valence-corrected chi connectivity index (χ3v) is 1.21. The number of nitrogens with one attached hydrogen (secondary N) is 1. The van der Waals surface area contributed by atoms with E-state index in [-0.39, 0.29) is 5.69 Å². The fourth-order valence-corrected chi connectivity index (χ4v) is 0.686. The molecular formula is C6H5F3N2O. The minimum absolute atomic E-state index is 0.0535. The normalized spacial score (nSPS) is 10.7. The van der Waals surface area contributed by atoms with Gasteiger partial charge in [-0.1, -0.05) is 0 Å². The van der Waals surface area contributed by atoms with E-state index < -0.39 is 24.7 Å². The standard InChI is InChI=1S/C6H5F3N2O/c7-5(8)4(12)1-3-2-10-6(9)11-3/h2,5H,1H2,(H,10,11). The molecule has 12 heavy (non-hydrogen) atoms. The van der Waals surface area contributed by atoms with Gasteiger partial charge in [0, 0.05) is 5.69 Å². The first-order chi connectivity index (χ1) is 5.59. The summed E-state index contributed by atoms with van der Waals surface area (Å²) in [4.78, 5) is 15.5. The maximum Gasteiger partial charge on any atom is 0.296 e. The van der Waals surface area contributed by atoms with Crippen molar-refractivity contribution >= 4 is 5.78 Å². The number of aromatic nitrogens is 2. The second-order valence-corrected chi connectivity index (χ2v) is 2.14. The number of halogens is 3. The highest BCUT2D eigenvalue weighted by atomic mass is 19.3. The molecule has 0 saturated carbocycles. The van der Waals surface area contributed by atoms with Gasteiger partial charge in [-0.15, -0.1) is 0 Å². The monoisotopic (exact) mass is 178 g/mol. The van der Waals surface area contributed by atoms with Gasteiger partial charge < -0.3 is 4.98 Å². The molecule has 0 aliphatic carbocycles. The number of carbonyl (C=O) groups is 1. The van der Waals surface area contributed by atoms with Crippen LogP contribution in [-0.2, 0) is 11.2 Å². The third kappa shape index (κ3) is 2.08. The van der Waals surface area contributed by atoms with Crippen molar-refractivity contribution in [1.29, 1.82) is 0 Å². The fraction of sp³-hybridized carbons (Fsp3) is 0.333. The zero-order chi connectivity index (χ0) is 9.14. The van der Waals surface area contributed by atoms with Crippen LogP contribution in [0.25, 0.3) is 0 Å². The molecule has 0 amide bonds. The molecule has 0 aliphatic rings. The van der Waals surface area contributed by atoms with Crippen LogP contribution < -0.4 is 0 Å². The molecule has 0 radical (unpaired) electrons. The zero-order valence-corrected chi connectivity index (χ0v) is 5.85. The van der Waals surface area contributed by atoms with Crippen molar-refractivity contribution in [3.05, 3.63) is 18.0 Å². The van der Waals surface area contributed by atoms with Gasteiger partial charge >= 0.3 is 0 Å². The maximum absolute atomic E-state index is 12.1. The Labute approximate surface area is 65.6 Å². The Morgan fingerprint density at radius 2 is 2.33 bits per heavy atom. The SMILES string of the molecule is O=C(Cc1cnc(F)[nH]1)C(F)F. The van der Waals surface area contributed by atoms with Crippen LogP contribution in [0.3, 0.4) is 0 Å². The molecule has 0 aromatic carbocycles. The molecule has 1 heterocycles. The zero-order valence-electron chi connectivity index (χ0n) is 5.85. The molecular weight excluding hydrogens is 173 g/mol. The molecule has 0 atom stereocenters. The van der Waals surface area contributed by atoms with E-state index in [9.17, 15) is 18.0 Å². The predicted molar refractivity (Wildman–Crippen MR) is 33.3 cm³/mol. The van der Waals surface area contributed by atoms with Crippen LogP contribution in [0.15, 0.2) is 6.20 Å². The first-order valence-corrected chi connectivity index (χ1v) is 3.10. The smallest absolute Gasteiger partial charge is 0.296 e. The highest BCUT2D eigenvalue weighted by Gasteiger charge is 2.16. The van der Waals surface area contributed by atoms with Gasteiger partial charge in [-0.05, 0) is 0 Å². The molecule has 0 spiro atoms. The third-order valence-electron chi connectivity index (χ3n) is 1.21. The van der Waals surface area contributed by atoms with Crippen LogP contribution in [-0.4, -0.2) is 22.2 Å². The summed E-state index contributed by atoms with van der Waals surface area (Å²) in [6.45, 7) is 0. The average Bonchev–Trinajstić information content (AvgIpc) is 2.35. The molecule has 0 fully saturated rings. The highest BCUT2D eigenvalue weighted by Crippen LogP contribution is 2.02. The Kier molecular flexibility index (Phi) is 2.47. The summed E-state index contributed by atoms with van der Waals surface area (Å²) in [6, 6.07) is 0. The molecule has 66 valence electrons. The Hall–Kier alpha value is -1.33. The Balaban J connectivity index is 2.58. The molecule has 1 rings (SSSR count). The van der Waals surface area contributed by atoms with Gasteiger partial charge in [0.15, 0.2) is 0 Å². The minimum atomic E-state index is -3.02. The number of imidazole rings is 1. The second kappa shape index (κ2) is 3.38. The van der Waals surface area contributed by atoms with Gasteiger partial charge in [0.1, 0.15) is 0 Å². The van der Waals surface area contributed by atoms with Crippen LogP contribution in [0.1, 0.15) is 5.69 Å². The Morgan fingerprint density at radius 3 is 2.75 bits per heavy atom. The van der Waals surface area contributed by atoms with Crippen molar-refractivity contribution in [3.63, 3.8) is 0 Å². The summed E-state index contributed by atoms with van der Waals surface area (Å²) < 4.78 is 35.4. The molecule has 3 nitrogen and oxygen atoms in total. The van der Waals surface area contributed by atoms with E-state index in [1.807, 2.05) is 4.98 Å². The van der Waals surface area contributed by atoms with Crippen molar-refractivity contribution < 1.29 is 18.0 Å². The molecule has 1 aromatic heterocycles. The van der Waals surface area contributed by atoms with E-state index in [4.69, 9.17) is 0 Å². The number of carbonyl (C=O) groups excluding carboxylic acids is 1. The van der Waals surface area contributed by atoms with Gasteiger partial charge in [-0.25, -0.2) is 13.8 Å². The van der Waals surface area contributed by atoms with E-state index >= 15 is 0 Å². The van der Waals surface area contributed by atoms with Crippen LogP contribution in [0.2, 0.25) is 0 Å². The summed E-state index contributed by atoms with van der Waals surface area (Å²) in [5.41, 5.74) is 0.0535. The lowest BCUT2D eigenvalue weighted by molar-refractivity contribution is -0.128. The summed E-state index contributed by atoms with van der Waals surface area (Å²) in [5, 5.41) is 0. The predicted octanol–water partition coefficient (Wildman–Crippen LogP) is 0.925. The number of hydrogen-bond acceptors (Lipinski definition) is 2. The lowest BCUT2D eigenvalue weighted by atomic mass is 10.2. The molecule has 6 heteroatoms.